The van der Waals surface area contributed by atoms with Crippen LogP contribution in [0.3, 0.4) is 0 Å². The fraction of sp³-hybridized carbons (Fsp3) is 0.455. The van der Waals surface area contributed by atoms with Gasteiger partial charge in [0.2, 0.25) is 0 Å². The van der Waals surface area contributed by atoms with Gasteiger partial charge in [0.1, 0.15) is 6.61 Å². The highest BCUT2D eigenvalue weighted by molar-refractivity contribution is 5.65. The molecule has 0 aliphatic heterocycles. The van der Waals surface area contributed by atoms with Crippen molar-refractivity contribution < 1.29 is 9.53 Å². The predicted octanol–water partition coefficient (Wildman–Crippen LogP) is 1.80. The zero-order valence-corrected chi connectivity index (χ0v) is 8.41. The van der Waals surface area contributed by atoms with E-state index in [4.69, 9.17) is 4.74 Å². The number of hydrogen-bond acceptors (Lipinski definition) is 3. The van der Waals surface area contributed by atoms with Crippen LogP contribution in [0.1, 0.15) is 36.7 Å². The molecule has 1 atom stereocenters. The Balaban J connectivity index is 2.09. The van der Waals surface area contributed by atoms with Crippen LogP contribution in [0.5, 0.6) is 0 Å². The lowest BCUT2D eigenvalue weighted by Gasteiger charge is -2.25. The number of aromatic nitrogens is 1. The van der Waals surface area contributed by atoms with Gasteiger partial charge in [0, 0.05) is 18.5 Å². The summed E-state index contributed by atoms with van der Waals surface area (Å²) in [6.07, 6.45) is 1.12. The van der Waals surface area contributed by atoms with Crippen LogP contribution in [-0.4, -0.2) is 11.0 Å². The van der Waals surface area contributed by atoms with Gasteiger partial charge in [-0.25, -0.2) is 0 Å². The molecule has 0 amide bonds. The van der Waals surface area contributed by atoms with Crippen molar-refractivity contribution in [2.75, 3.05) is 0 Å². The molecule has 0 saturated carbocycles. The first-order chi connectivity index (χ1) is 6.66. The molecule has 1 aromatic heterocycles. The molecular formula is C11H13NO2. The maximum Gasteiger partial charge on any atom is 0.303 e. The number of pyridine rings is 1. The minimum absolute atomic E-state index is 0.262. The number of ether oxygens (including phenoxy) is 1. The van der Waals surface area contributed by atoms with E-state index in [-0.39, 0.29) is 12.6 Å². The number of esters is 1. The van der Waals surface area contributed by atoms with E-state index in [0.717, 1.165) is 17.8 Å². The predicted molar refractivity (Wildman–Crippen MR) is 51.8 cm³/mol. The van der Waals surface area contributed by atoms with E-state index in [9.17, 15) is 4.79 Å². The second-order valence-electron chi connectivity index (χ2n) is 3.73. The molecule has 0 aromatic carbocycles. The number of nitrogens with zero attached hydrogens (tertiary/aromatic N) is 1. The minimum Gasteiger partial charge on any atom is -0.459 e. The number of carbonyl (C=O) groups excluding carboxylic acids is 1. The molecule has 14 heavy (non-hydrogen) atoms. The van der Waals surface area contributed by atoms with Gasteiger partial charge >= 0.3 is 5.97 Å². The van der Waals surface area contributed by atoms with Gasteiger partial charge < -0.3 is 4.74 Å². The van der Waals surface area contributed by atoms with E-state index < -0.39 is 0 Å². The Morgan fingerprint density at radius 3 is 3.07 bits per heavy atom. The SMILES string of the molecule is CC(=O)OCc1ccc2c(n1)[C@@H](C)C2. The normalized spacial score (nSPS) is 18.3. The quantitative estimate of drug-likeness (QED) is 0.669. The van der Waals surface area contributed by atoms with Crippen molar-refractivity contribution in [1.29, 1.82) is 0 Å². The Morgan fingerprint density at radius 1 is 1.64 bits per heavy atom. The van der Waals surface area contributed by atoms with E-state index in [0.29, 0.717) is 5.92 Å². The Morgan fingerprint density at radius 2 is 2.43 bits per heavy atom. The average Bonchev–Trinajstić information content (AvgIpc) is 2.14. The van der Waals surface area contributed by atoms with Crippen molar-refractivity contribution in [3.8, 4) is 0 Å². The second-order valence-corrected chi connectivity index (χ2v) is 3.73. The Hall–Kier alpha value is -1.38. The molecule has 0 N–H and O–H groups in total. The third-order valence-electron chi connectivity index (χ3n) is 2.49. The second kappa shape index (κ2) is 3.40. The molecule has 0 fully saturated rings. The molecule has 1 aliphatic rings. The van der Waals surface area contributed by atoms with Crippen LogP contribution in [0.2, 0.25) is 0 Å². The summed E-state index contributed by atoms with van der Waals surface area (Å²) in [6.45, 7) is 3.85. The van der Waals surface area contributed by atoms with E-state index in [2.05, 4.69) is 18.0 Å². The lowest BCUT2D eigenvalue weighted by Crippen LogP contribution is -2.17. The monoisotopic (exact) mass is 191 g/mol. The fourth-order valence-corrected chi connectivity index (χ4v) is 1.70. The lowest BCUT2D eigenvalue weighted by molar-refractivity contribution is -0.142. The maximum absolute atomic E-state index is 10.6. The third kappa shape index (κ3) is 1.62. The summed E-state index contributed by atoms with van der Waals surface area (Å²) in [5, 5.41) is 0. The summed E-state index contributed by atoms with van der Waals surface area (Å²) in [7, 11) is 0. The Kier molecular flexibility index (Phi) is 2.23. The molecular weight excluding hydrogens is 178 g/mol. The van der Waals surface area contributed by atoms with Gasteiger partial charge in [-0.2, -0.15) is 0 Å². The highest BCUT2D eigenvalue weighted by Gasteiger charge is 2.23. The molecule has 0 saturated heterocycles. The molecule has 3 nitrogen and oxygen atoms in total. The van der Waals surface area contributed by atoms with Crippen LogP contribution in [0.15, 0.2) is 12.1 Å². The lowest BCUT2D eigenvalue weighted by atomic mass is 9.83. The van der Waals surface area contributed by atoms with E-state index in [1.807, 2.05) is 6.07 Å². The largest absolute Gasteiger partial charge is 0.459 e. The number of hydrogen-bond donors (Lipinski definition) is 0. The molecule has 0 bridgehead atoms. The molecule has 74 valence electrons. The summed E-state index contributed by atoms with van der Waals surface area (Å²) in [4.78, 5) is 15.0. The Bertz CT molecular complexity index is 374. The van der Waals surface area contributed by atoms with Crippen molar-refractivity contribution in [1.82, 2.24) is 4.98 Å². The smallest absolute Gasteiger partial charge is 0.303 e. The maximum atomic E-state index is 10.6. The summed E-state index contributed by atoms with van der Waals surface area (Å²) in [6, 6.07) is 3.99. The highest BCUT2D eigenvalue weighted by Crippen LogP contribution is 2.32. The molecule has 0 radical (unpaired) electrons. The molecule has 0 spiro atoms. The molecule has 0 unspecified atom stereocenters. The first-order valence-electron chi connectivity index (χ1n) is 4.79. The van der Waals surface area contributed by atoms with Gasteiger partial charge in [0.05, 0.1) is 5.69 Å². The van der Waals surface area contributed by atoms with Crippen LogP contribution in [0.25, 0.3) is 0 Å². The standard InChI is InChI=1S/C11H13NO2/c1-7-5-9-3-4-10(12-11(7)9)6-14-8(2)13/h3-4,7H,5-6H2,1-2H3/t7-/m0/s1. The van der Waals surface area contributed by atoms with Crippen molar-refractivity contribution in [2.24, 2.45) is 0 Å². The molecule has 2 rings (SSSR count). The van der Waals surface area contributed by atoms with Crippen LogP contribution >= 0.6 is 0 Å². The van der Waals surface area contributed by atoms with Crippen molar-refractivity contribution in [2.45, 2.75) is 32.8 Å². The first kappa shape index (κ1) is 9.19. The zero-order valence-electron chi connectivity index (χ0n) is 8.41. The summed E-state index contributed by atoms with van der Waals surface area (Å²) >= 11 is 0. The van der Waals surface area contributed by atoms with Crippen molar-refractivity contribution in [3.63, 3.8) is 0 Å². The van der Waals surface area contributed by atoms with E-state index >= 15 is 0 Å². The topological polar surface area (TPSA) is 39.2 Å². The van der Waals surface area contributed by atoms with Gasteiger partial charge in [-0.15, -0.1) is 0 Å². The molecule has 1 heterocycles. The molecule has 1 aliphatic carbocycles. The van der Waals surface area contributed by atoms with Crippen molar-refractivity contribution in [3.05, 3.63) is 29.1 Å². The Labute approximate surface area is 83.1 Å². The minimum atomic E-state index is -0.262. The van der Waals surface area contributed by atoms with Crippen LogP contribution in [0.4, 0.5) is 0 Å². The summed E-state index contributed by atoms with van der Waals surface area (Å²) in [5.74, 6) is 0.296. The van der Waals surface area contributed by atoms with Crippen LogP contribution in [0, 0.1) is 0 Å². The zero-order chi connectivity index (χ0) is 10.1. The molecule has 1 aromatic rings. The third-order valence-corrected chi connectivity index (χ3v) is 2.49. The fourth-order valence-electron chi connectivity index (χ4n) is 1.70. The number of rotatable bonds is 2. The number of fused-ring (bicyclic) bond motifs is 1. The van der Waals surface area contributed by atoms with Crippen molar-refractivity contribution >= 4 is 5.97 Å². The van der Waals surface area contributed by atoms with Gasteiger partial charge in [0.25, 0.3) is 0 Å². The van der Waals surface area contributed by atoms with Gasteiger partial charge in [-0.05, 0) is 18.1 Å². The number of carbonyl (C=O) groups is 1. The van der Waals surface area contributed by atoms with Crippen LogP contribution in [-0.2, 0) is 22.6 Å². The molecule has 3 heteroatoms. The van der Waals surface area contributed by atoms with Gasteiger partial charge in [0.15, 0.2) is 0 Å². The summed E-state index contributed by atoms with van der Waals surface area (Å²) < 4.78 is 4.88. The summed E-state index contributed by atoms with van der Waals surface area (Å²) in [5.41, 5.74) is 3.32. The average molecular weight is 191 g/mol. The van der Waals surface area contributed by atoms with Gasteiger partial charge in [-0.3, -0.25) is 9.78 Å². The van der Waals surface area contributed by atoms with E-state index in [1.165, 1.54) is 12.5 Å². The van der Waals surface area contributed by atoms with E-state index in [1.54, 1.807) is 0 Å². The first-order valence-corrected chi connectivity index (χ1v) is 4.79. The van der Waals surface area contributed by atoms with Crippen LogP contribution < -0.4 is 0 Å². The van der Waals surface area contributed by atoms with Gasteiger partial charge in [-0.1, -0.05) is 13.0 Å². The highest BCUT2D eigenvalue weighted by atomic mass is 16.5.